The molecule has 168 valence electrons. The van der Waals surface area contributed by atoms with E-state index in [1.165, 1.54) is 12.4 Å². The summed E-state index contributed by atoms with van der Waals surface area (Å²) in [5, 5.41) is 10.4. The molecule has 0 spiro atoms. The quantitative estimate of drug-likeness (QED) is 0.624. The minimum Gasteiger partial charge on any atom is -0.379 e. The molecule has 9 heteroatoms. The molecular weight excluding hydrogens is 437 g/mol. The Kier molecular flexibility index (Phi) is 6.96. The Morgan fingerprint density at radius 1 is 1.26 bits per heavy atom. The van der Waals surface area contributed by atoms with E-state index in [1.54, 1.807) is 12.1 Å². The van der Waals surface area contributed by atoms with Crippen molar-refractivity contribution >= 4 is 40.5 Å². The van der Waals surface area contributed by atoms with Gasteiger partial charge >= 0.3 is 0 Å². The van der Waals surface area contributed by atoms with Crippen LogP contribution < -0.4 is 16.2 Å². The van der Waals surface area contributed by atoms with Crippen molar-refractivity contribution in [3.05, 3.63) is 45.1 Å². The minimum absolute atomic E-state index is 0.0274. The third-order valence-corrected chi connectivity index (χ3v) is 7.79. The second-order valence-electron chi connectivity index (χ2n) is 9.08. The van der Waals surface area contributed by atoms with Crippen LogP contribution in [0.5, 0.6) is 0 Å². The van der Waals surface area contributed by atoms with Gasteiger partial charge in [-0.15, -0.1) is 0 Å². The molecule has 3 rings (SSSR count). The largest absolute Gasteiger partial charge is 0.379 e. The summed E-state index contributed by atoms with van der Waals surface area (Å²) in [5.41, 5.74) is 0.579. The van der Waals surface area contributed by atoms with Crippen molar-refractivity contribution < 1.29 is 4.79 Å². The Hall–Kier alpha value is -2.12. The molecule has 2 aromatic heterocycles. The third-order valence-electron chi connectivity index (χ3n) is 7.13. The first-order valence-corrected chi connectivity index (χ1v) is 11.2. The average Bonchev–Trinajstić information content (AvgIpc) is 2.72. The van der Waals surface area contributed by atoms with Gasteiger partial charge in [0, 0.05) is 12.2 Å². The van der Waals surface area contributed by atoms with Crippen molar-refractivity contribution in [3.8, 4) is 0 Å². The van der Waals surface area contributed by atoms with E-state index in [-0.39, 0.29) is 28.2 Å². The van der Waals surface area contributed by atoms with Crippen LogP contribution in [0, 0.1) is 23.2 Å². The smallest absolute Gasteiger partial charge is 0.288 e. The highest BCUT2D eigenvalue weighted by molar-refractivity contribution is 6.33. The van der Waals surface area contributed by atoms with Crippen LogP contribution in [0.2, 0.25) is 10.2 Å². The summed E-state index contributed by atoms with van der Waals surface area (Å²) >= 11 is 12.3. The van der Waals surface area contributed by atoms with E-state index >= 15 is 0 Å². The van der Waals surface area contributed by atoms with Gasteiger partial charge in [0.1, 0.15) is 11.6 Å². The lowest BCUT2D eigenvalue weighted by Crippen LogP contribution is -2.48. The maximum atomic E-state index is 12.7. The molecule has 0 saturated heterocycles. The van der Waals surface area contributed by atoms with E-state index < -0.39 is 11.5 Å². The van der Waals surface area contributed by atoms with Gasteiger partial charge in [-0.25, -0.2) is 9.67 Å². The van der Waals surface area contributed by atoms with Gasteiger partial charge in [0.05, 0.1) is 17.6 Å². The van der Waals surface area contributed by atoms with Crippen LogP contribution in [0.15, 0.2) is 29.3 Å². The summed E-state index contributed by atoms with van der Waals surface area (Å²) in [5.74, 6) is 0.974. The number of rotatable bonds is 5. The maximum Gasteiger partial charge on any atom is 0.288 e. The molecule has 2 heterocycles. The molecule has 0 bridgehead atoms. The summed E-state index contributed by atoms with van der Waals surface area (Å²) in [6, 6.07) is 3.46. The fraction of sp³-hybridized carbons (Fsp3) is 0.545. The number of nitrogens with one attached hydrogen (secondary N) is 2. The fourth-order valence-corrected chi connectivity index (χ4v) is 4.62. The summed E-state index contributed by atoms with van der Waals surface area (Å²) in [7, 11) is 0. The van der Waals surface area contributed by atoms with Gasteiger partial charge in [-0.3, -0.25) is 9.59 Å². The van der Waals surface area contributed by atoms with E-state index in [0.717, 1.165) is 11.1 Å². The van der Waals surface area contributed by atoms with Gasteiger partial charge in [0.25, 0.3) is 5.56 Å². The zero-order chi connectivity index (χ0) is 22.9. The number of carbonyl (C=O) groups excluding carboxylic acids is 1. The number of anilines is 2. The molecule has 0 unspecified atom stereocenters. The molecule has 4 atom stereocenters. The number of carbonyl (C=O) groups is 1. The number of hydrogen-bond donors (Lipinski definition) is 2. The topological polar surface area (TPSA) is 88.9 Å². The number of pyridine rings is 1. The molecular formula is C22H29Cl2N5O2. The lowest BCUT2D eigenvalue weighted by Gasteiger charge is -2.50. The summed E-state index contributed by atoms with van der Waals surface area (Å²) in [6.45, 7) is 11.1. The first-order valence-electron chi connectivity index (χ1n) is 10.4. The average molecular weight is 466 g/mol. The predicted octanol–water partition coefficient (Wildman–Crippen LogP) is 4.70. The van der Waals surface area contributed by atoms with Gasteiger partial charge in [-0.05, 0) is 41.7 Å². The van der Waals surface area contributed by atoms with Gasteiger partial charge in [-0.1, -0.05) is 57.8 Å². The molecule has 0 aliphatic heterocycles. The van der Waals surface area contributed by atoms with Crippen LogP contribution in [0.1, 0.15) is 41.0 Å². The zero-order valence-electron chi connectivity index (χ0n) is 18.4. The molecule has 1 fully saturated rings. The Morgan fingerprint density at radius 3 is 2.65 bits per heavy atom. The van der Waals surface area contributed by atoms with Crippen molar-refractivity contribution in [1.29, 1.82) is 0 Å². The monoisotopic (exact) mass is 465 g/mol. The van der Waals surface area contributed by atoms with Crippen LogP contribution in [0.25, 0.3) is 0 Å². The van der Waals surface area contributed by atoms with Crippen molar-refractivity contribution in [2.45, 2.75) is 53.6 Å². The second-order valence-corrected chi connectivity index (χ2v) is 9.82. The first-order chi connectivity index (χ1) is 14.5. The van der Waals surface area contributed by atoms with E-state index in [9.17, 15) is 9.59 Å². The Balaban J connectivity index is 1.73. The normalized spacial score (nSPS) is 25.1. The van der Waals surface area contributed by atoms with Gasteiger partial charge in [0.15, 0.2) is 5.15 Å². The van der Waals surface area contributed by atoms with Crippen LogP contribution >= 0.6 is 23.2 Å². The van der Waals surface area contributed by atoms with Crippen molar-refractivity contribution in [3.63, 3.8) is 0 Å². The molecule has 1 amide bonds. The number of aromatic nitrogens is 3. The molecule has 1 aliphatic carbocycles. The zero-order valence-corrected chi connectivity index (χ0v) is 20.0. The molecule has 2 N–H and O–H groups in total. The number of halogens is 2. The molecule has 0 aromatic carbocycles. The summed E-state index contributed by atoms with van der Waals surface area (Å²) in [6.07, 6.45) is 4.01. The Labute approximate surface area is 192 Å². The van der Waals surface area contributed by atoms with Crippen LogP contribution in [-0.4, -0.2) is 26.7 Å². The number of hydrogen-bond acceptors (Lipinski definition) is 5. The van der Waals surface area contributed by atoms with Gasteiger partial charge in [-0.2, -0.15) is 5.10 Å². The van der Waals surface area contributed by atoms with Crippen molar-refractivity contribution in [1.82, 2.24) is 14.8 Å². The lowest BCUT2D eigenvalue weighted by molar-refractivity contribution is -0.117. The standard InChI is InChI=1S/C22H29Cl2N5O2/c1-12-9-16(13(2)14(3)22(12,4)5)27-17-10-26-29(21(31)19(17)23)11-18(30)28-15-7-6-8-25-20(15)24/h6-8,10,12-14,16,27H,9,11H2,1-5H3,(H,28,30)/t12-,13+,14+,16+/m0/s1. The van der Waals surface area contributed by atoms with Crippen LogP contribution in [-0.2, 0) is 11.3 Å². The first kappa shape index (κ1) is 23.5. The van der Waals surface area contributed by atoms with E-state index in [4.69, 9.17) is 23.2 Å². The molecule has 1 saturated carbocycles. The molecule has 1 aliphatic rings. The van der Waals surface area contributed by atoms with Crippen LogP contribution in [0.4, 0.5) is 11.4 Å². The van der Waals surface area contributed by atoms with E-state index in [0.29, 0.717) is 29.1 Å². The van der Waals surface area contributed by atoms with Crippen molar-refractivity contribution in [2.75, 3.05) is 10.6 Å². The molecule has 7 nitrogen and oxygen atoms in total. The molecule has 0 radical (unpaired) electrons. The van der Waals surface area contributed by atoms with Gasteiger partial charge < -0.3 is 10.6 Å². The molecule has 31 heavy (non-hydrogen) atoms. The number of amides is 1. The lowest BCUT2D eigenvalue weighted by atomic mass is 9.58. The van der Waals surface area contributed by atoms with Crippen LogP contribution in [0.3, 0.4) is 0 Å². The predicted molar refractivity (Wildman–Crippen MR) is 125 cm³/mol. The Bertz CT molecular complexity index is 1020. The minimum atomic E-state index is -0.524. The second kappa shape index (κ2) is 9.17. The number of nitrogens with zero attached hydrogens (tertiary/aromatic N) is 3. The highest BCUT2D eigenvalue weighted by Gasteiger charge is 2.43. The SMILES string of the molecule is C[C@@H]1[C@@H](C)C(C)(C)[C@@H](C)C[C@H]1Nc1cnn(CC(=O)Nc2cccnc2Cl)c(=O)c1Cl. The van der Waals surface area contributed by atoms with Crippen molar-refractivity contribution in [2.24, 2.45) is 23.2 Å². The summed E-state index contributed by atoms with van der Waals surface area (Å²) < 4.78 is 1.03. The molecule has 2 aromatic rings. The van der Waals surface area contributed by atoms with E-state index in [2.05, 4.69) is 55.3 Å². The highest BCUT2D eigenvalue weighted by atomic mass is 35.5. The third kappa shape index (κ3) is 4.88. The Morgan fingerprint density at radius 2 is 1.97 bits per heavy atom. The van der Waals surface area contributed by atoms with Gasteiger partial charge in [0.2, 0.25) is 5.91 Å². The maximum absolute atomic E-state index is 12.7. The van der Waals surface area contributed by atoms with E-state index in [1.807, 2.05) is 0 Å². The fourth-order valence-electron chi connectivity index (χ4n) is 4.25. The summed E-state index contributed by atoms with van der Waals surface area (Å²) in [4.78, 5) is 28.9. The highest BCUT2D eigenvalue weighted by Crippen LogP contribution is 2.48.